The Kier molecular flexibility index (Phi) is 6.35. The second-order valence-corrected chi connectivity index (χ2v) is 8.76. The largest absolute Gasteiger partial charge is 0.356 e. The topological polar surface area (TPSA) is 91.0 Å². The Morgan fingerprint density at radius 1 is 1.34 bits per heavy atom. The van der Waals surface area contributed by atoms with Crippen LogP contribution in [0.4, 0.5) is 5.82 Å². The van der Waals surface area contributed by atoms with Crippen molar-refractivity contribution >= 4 is 11.7 Å². The van der Waals surface area contributed by atoms with Crippen molar-refractivity contribution in [2.45, 2.75) is 47.0 Å². The zero-order chi connectivity index (χ0) is 21.0. The molecule has 1 saturated heterocycles. The molecule has 0 saturated carbocycles. The third-order valence-electron chi connectivity index (χ3n) is 5.25. The van der Waals surface area contributed by atoms with Gasteiger partial charge < -0.3 is 15.2 Å². The second-order valence-electron chi connectivity index (χ2n) is 8.76. The van der Waals surface area contributed by atoms with Crippen molar-refractivity contribution in [3.63, 3.8) is 0 Å². The van der Waals surface area contributed by atoms with Gasteiger partial charge >= 0.3 is 0 Å². The minimum atomic E-state index is -0.365. The first-order chi connectivity index (χ1) is 13.8. The molecule has 2 aromatic rings. The van der Waals surface area contributed by atoms with Crippen LogP contribution < -0.4 is 15.8 Å². The smallest absolute Gasteiger partial charge is 0.251 e. The number of hydrogen-bond donors (Lipinski definition) is 2. The van der Waals surface area contributed by atoms with Gasteiger partial charge in [0.15, 0.2) is 0 Å². The molecule has 0 spiro atoms. The molecule has 2 N–H and O–H groups in total. The van der Waals surface area contributed by atoms with Crippen molar-refractivity contribution in [1.29, 1.82) is 0 Å². The molecule has 1 fully saturated rings. The summed E-state index contributed by atoms with van der Waals surface area (Å²) in [7, 11) is 0. The van der Waals surface area contributed by atoms with Crippen molar-refractivity contribution in [2.75, 3.05) is 24.5 Å². The normalized spacial score (nSPS) is 17.2. The molecule has 7 heteroatoms. The molecule has 0 radical (unpaired) electrons. The number of aromatic amines is 1. The molecule has 1 aliphatic rings. The van der Waals surface area contributed by atoms with Crippen LogP contribution >= 0.6 is 0 Å². The summed E-state index contributed by atoms with van der Waals surface area (Å²) in [5.74, 6) is 1.97. The number of nitrogens with one attached hydrogen (secondary N) is 2. The van der Waals surface area contributed by atoms with E-state index < -0.39 is 0 Å². The molecule has 1 atom stereocenters. The maximum atomic E-state index is 12.1. The van der Waals surface area contributed by atoms with E-state index in [-0.39, 0.29) is 16.9 Å². The van der Waals surface area contributed by atoms with Crippen molar-refractivity contribution in [3.05, 3.63) is 40.4 Å². The number of amides is 1. The summed E-state index contributed by atoms with van der Waals surface area (Å²) < 4.78 is 0. The first kappa shape index (κ1) is 21.0. The third-order valence-corrected chi connectivity index (χ3v) is 5.25. The van der Waals surface area contributed by atoms with E-state index in [1.807, 2.05) is 39.8 Å². The van der Waals surface area contributed by atoms with Crippen molar-refractivity contribution < 1.29 is 4.79 Å². The molecule has 2 aromatic heterocycles. The molecule has 0 aromatic carbocycles. The number of rotatable bonds is 5. The Morgan fingerprint density at radius 3 is 2.79 bits per heavy atom. The minimum absolute atomic E-state index is 0.0907. The predicted octanol–water partition coefficient (Wildman–Crippen LogP) is 2.77. The third kappa shape index (κ3) is 5.43. The van der Waals surface area contributed by atoms with E-state index in [0.717, 1.165) is 43.0 Å². The van der Waals surface area contributed by atoms with Crippen LogP contribution in [0, 0.1) is 11.3 Å². The van der Waals surface area contributed by atoms with Gasteiger partial charge in [0.2, 0.25) is 5.91 Å². The van der Waals surface area contributed by atoms with E-state index in [2.05, 4.69) is 25.2 Å². The van der Waals surface area contributed by atoms with Crippen LogP contribution in [0.5, 0.6) is 0 Å². The van der Waals surface area contributed by atoms with Crippen LogP contribution in [-0.2, 0) is 11.2 Å². The van der Waals surface area contributed by atoms with Crippen LogP contribution in [0.15, 0.2) is 29.2 Å². The maximum Gasteiger partial charge on any atom is 0.251 e. The lowest BCUT2D eigenvalue weighted by atomic mass is 9.94. The Hall–Kier alpha value is -2.70. The maximum absolute atomic E-state index is 12.1. The summed E-state index contributed by atoms with van der Waals surface area (Å²) in [6.45, 7) is 10.3. The molecule has 0 aliphatic carbocycles. The van der Waals surface area contributed by atoms with Crippen LogP contribution in [0.25, 0.3) is 11.4 Å². The molecule has 3 heterocycles. The van der Waals surface area contributed by atoms with Gasteiger partial charge in [-0.3, -0.25) is 9.59 Å². The molecular weight excluding hydrogens is 366 g/mol. The fraction of sp³-hybridized carbons (Fsp3) is 0.545. The molecule has 1 amide bonds. The van der Waals surface area contributed by atoms with Crippen molar-refractivity contribution in [3.8, 4) is 11.4 Å². The van der Waals surface area contributed by atoms with Gasteiger partial charge in [-0.25, -0.2) is 9.97 Å². The van der Waals surface area contributed by atoms with Crippen LogP contribution in [0.2, 0.25) is 0 Å². The lowest BCUT2D eigenvalue weighted by molar-refractivity contribution is -0.128. The fourth-order valence-electron chi connectivity index (χ4n) is 3.48. The highest BCUT2D eigenvalue weighted by atomic mass is 16.2. The van der Waals surface area contributed by atoms with Gasteiger partial charge in [-0.05, 0) is 37.3 Å². The highest BCUT2D eigenvalue weighted by Crippen LogP contribution is 2.23. The van der Waals surface area contributed by atoms with Gasteiger partial charge in [-0.15, -0.1) is 0 Å². The van der Waals surface area contributed by atoms with Gasteiger partial charge in [0.05, 0.1) is 0 Å². The van der Waals surface area contributed by atoms with E-state index in [9.17, 15) is 9.59 Å². The number of pyridine rings is 1. The summed E-state index contributed by atoms with van der Waals surface area (Å²) in [4.78, 5) is 38.1. The molecule has 1 aliphatic heterocycles. The Morgan fingerprint density at radius 2 is 2.14 bits per heavy atom. The monoisotopic (exact) mass is 397 g/mol. The van der Waals surface area contributed by atoms with Gasteiger partial charge in [0, 0.05) is 48.6 Å². The average Bonchev–Trinajstić information content (AvgIpc) is 2.71. The number of hydrogen-bond acceptors (Lipinski definition) is 5. The SMILES string of the molecule is CCc1cc(=O)[nH]c(-c2ccc(N3CCCC(CNC(=O)C(C)(C)C)C3)nc2)n1. The standard InChI is InChI=1S/C22H31N5O2/c1-5-17-11-19(28)26-20(25-17)16-8-9-18(23-13-16)27-10-6-7-15(14-27)12-24-21(29)22(2,3)4/h8-9,11,13,15H,5-7,10,12,14H2,1-4H3,(H,24,29)(H,25,26,28). The number of aromatic nitrogens is 3. The molecule has 7 nitrogen and oxygen atoms in total. The highest BCUT2D eigenvalue weighted by molar-refractivity contribution is 5.81. The molecule has 0 bridgehead atoms. The van der Waals surface area contributed by atoms with E-state index in [4.69, 9.17) is 0 Å². The van der Waals surface area contributed by atoms with Gasteiger partial charge in [0.25, 0.3) is 5.56 Å². The van der Waals surface area contributed by atoms with Crippen LogP contribution in [0.1, 0.15) is 46.2 Å². The Labute approximate surface area is 172 Å². The lowest BCUT2D eigenvalue weighted by Crippen LogP contribution is -2.43. The van der Waals surface area contributed by atoms with Crippen molar-refractivity contribution in [1.82, 2.24) is 20.3 Å². The number of carbonyl (C=O) groups is 1. The zero-order valence-electron chi connectivity index (χ0n) is 17.8. The summed E-state index contributed by atoms with van der Waals surface area (Å²) >= 11 is 0. The van der Waals surface area contributed by atoms with E-state index in [0.29, 0.717) is 24.7 Å². The molecule has 1 unspecified atom stereocenters. The van der Waals surface area contributed by atoms with Crippen molar-refractivity contribution in [2.24, 2.45) is 11.3 Å². The number of anilines is 1. The van der Waals surface area contributed by atoms with Gasteiger partial charge in [0.1, 0.15) is 11.6 Å². The number of aryl methyl sites for hydroxylation is 1. The predicted molar refractivity (Wildman–Crippen MR) is 115 cm³/mol. The summed E-state index contributed by atoms with van der Waals surface area (Å²) in [6.07, 6.45) is 4.66. The molecular formula is C22H31N5O2. The average molecular weight is 398 g/mol. The quantitative estimate of drug-likeness (QED) is 0.810. The molecule has 3 rings (SSSR count). The minimum Gasteiger partial charge on any atom is -0.356 e. The summed E-state index contributed by atoms with van der Waals surface area (Å²) in [5, 5.41) is 3.08. The number of carbonyl (C=O) groups excluding carboxylic acids is 1. The second kappa shape index (κ2) is 8.76. The Balaban J connectivity index is 1.66. The summed E-state index contributed by atoms with van der Waals surface area (Å²) in [6, 6.07) is 5.45. The number of H-pyrrole nitrogens is 1. The van der Waals surface area contributed by atoms with E-state index in [1.54, 1.807) is 6.20 Å². The Bertz CT molecular complexity index is 899. The first-order valence-electron chi connectivity index (χ1n) is 10.4. The van der Waals surface area contributed by atoms with Crippen LogP contribution in [0.3, 0.4) is 0 Å². The molecule has 156 valence electrons. The van der Waals surface area contributed by atoms with Gasteiger partial charge in [-0.1, -0.05) is 27.7 Å². The fourth-order valence-corrected chi connectivity index (χ4v) is 3.48. The number of nitrogens with zero attached hydrogens (tertiary/aromatic N) is 3. The van der Waals surface area contributed by atoms with Crippen LogP contribution in [-0.4, -0.2) is 40.5 Å². The van der Waals surface area contributed by atoms with Gasteiger partial charge in [-0.2, -0.15) is 0 Å². The first-order valence-corrected chi connectivity index (χ1v) is 10.4. The van der Waals surface area contributed by atoms with E-state index in [1.165, 1.54) is 6.07 Å². The number of piperidine rings is 1. The summed E-state index contributed by atoms with van der Waals surface area (Å²) in [5.41, 5.74) is 1.05. The highest BCUT2D eigenvalue weighted by Gasteiger charge is 2.25. The zero-order valence-corrected chi connectivity index (χ0v) is 17.8. The lowest BCUT2D eigenvalue weighted by Gasteiger charge is -2.34. The van der Waals surface area contributed by atoms with E-state index >= 15 is 0 Å². The molecule has 29 heavy (non-hydrogen) atoms.